The van der Waals surface area contributed by atoms with E-state index < -0.39 is 42.7 Å². The number of carbonyl (C=O) groups excluding carboxylic acids is 1. The molecule has 0 saturated carbocycles. The predicted octanol–water partition coefficient (Wildman–Crippen LogP) is 2.62. The first-order valence-corrected chi connectivity index (χ1v) is 15.9. The number of rotatable bonds is 7. The number of carbonyl (C=O) groups is 1. The molecule has 0 bridgehead atoms. The summed E-state index contributed by atoms with van der Waals surface area (Å²) in [6.45, 7) is 1.99. The number of pyridine rings is 3. The van der Waals surface area contributed by atoms with Crippen LogP contribution in [-0.2, 0) is 9.31 Å². The molecule has 0 radical (unpaired) electrons. The van der Waals surface area contributed by atoms with Crippen LogP contribution in [0.2, 0.25) is 0 Å². The van der Waals surface area contributed by atoms with Crippen molar-refractivity contribution in [3.63, 3.8) is 0 Å². The Kier molecular flexibility index (Phi) is 26.8. The number of ether oxygens (including phenoxy) is 2. The molecule has 0 aliphatic carbocycles. The van der Waals surface area contributed by atoms with Gasteiger partial charge in [-0.2, -0.15) is 26.3 Å². The van der Waals surface area contributed by atoms with Crippen molar-refractivity contribution in [2.75, 3.05) is 0 Å². The molecule has 280 valence electrons. The van der Waals surface area contributed by atoms with Gasteiger partial charge in [0.15, 0.2) is 0 Å². The average molecular weight is 956 g/mol. The van der Waals surface area contributed by atoms with E-state index in [-0.39, 0.29) is 132 Å². The van der Waals surface area contributed by atoms with Crippen molar-refractivity contribution in [2.45, 2.75) is 57.5 Å². The quantitative estimate of drug-likeness (QED) is 0.127. The Balaban J connectivity index is -0.000000656. The number of hydrogen-bond donors (Lipinski definition) is 1. The molecule has 1 aliphatic heterocycles. The van der Waals surface area contributed by atoms with Crippen LogP contribution in [0.3, 0.4) is 0 Å². The Morgan fingerprint density at radius 3 is 1.64 bits per heavy atom. The van der Waals surface area contributed by atoms with Crippen LogP contribution in [0.25, 0.3) is 0 Å². The van der Waals surface area contributed by atoms with Crippen LogP contribution in [0.5, 0.6) is 17.2 Å². The van der Waals surface area contributed by atoms with Gasteiger partial charge in [-0.1, -0.05) is 30.3 Å². The SMILES string of the molecule is CC1(C)OB(c2cncc(OC(F)F)c2)OC1(C)C.FC(F)Oc1cncc(Br)c1.O=C(c1ccccc1)C(F)(F)Cl.Oc1cncc(Br)c1.[H-].[K+].[K+].[OH-]. The van der Waals surface area contributed by atoms with E-state index >= 15 is 0 Å². The van der Waals surface area contributed by atoms with Crippen molar-refractivity contribution >= 4 is 61.8 Å². The molecule has 22 heteroatoms. The zero-order valence-corrected chi connectivity index (χ0v) is 39.2. The number of aromatic nitrogens is 3. The maximum absolute atomic E-state index is 12.2. The second kappa shape index (κ2) is 25.9. The van der Waals surface area contributed by atoms with Gasteiger partial charge in [-0.25, -0.2) is 0 Å². The molecule has 53 heavy (non-hydrogen) atoms. The first kappa shape index (κ1) is 54.9. The maximum Gasteiger partial charge on any atom is 1.00 e. The third-order valence-electron chi connectivity index (χ3n) is 6.37. The summed E-state index contributed by atoms with van der Waals surface area (Å²) in [6, 6.07) is 11.6. The van der Waals surface area contributed by atoms with E-state index in [0.717, 1.165) is 4.47 Å². The number of Topliss-reactive ketones (excluding diaryl/α,β-unsaturated/α-hetero) is 1. The zero-order chi connectivity index (χ0) is 37.7. The Labute approximate surface area is 410 Å². The van der Waals surface area contributed by atoms with Crippen molar-refractivity contribution in [1.29, 1.82) is 0 Å². The minimum Gasteiger partial charge on any atom is -1.00 e. The van der Waals surface area contributed by atoms with Crippen LogP contribution < -0.4 is 118 Å². The van der Waals surface area contributed by atoms with Gasteiger partial charge in [0, 0.05) is 38.6 Å². The predicted molar refractivity (Wildman–Crippen MR) is 183 cm³/mol. The van der Waals surface area contributed by atoms with Gasteiger partial charge in [0.25, 0.3) is 0 Å². The van der Waals surface area contributed by atoms with Gasteiger partial charge in [-0.3, -0.25) is 19.7 Å². The molecule has 4 aromatic rings. The van der Waals surface area contributed by atoms with Crippen LogP contribution in [0.15, 0.2) is 94.7 Å². The second-order valence-electron chi connectivity index (χ2n) is 10.7. The Morgan fingerprint density at radius 1 is 0.811 bits per heavy atom. The van der Waals surface area contributed by atoms with E-state index in [1.54, 1.807) is 18.3 Å². The fraction of sp³-hybridized carbons (Fsp3) is 0.290. The van der Waals surface area contributed by atoms with Gasteiger partial charge < -0.3 is 30.8 Å². The molecule has 1 aromatic carbocycles. The van der Waals surface area contributed by atoms with Gasteiger partial charge in [-0.15, -0.1) is 0 Å². The molecule has 4 heterocycles. The summed E-state index contributed by atoms with van der Waals surface area (Å²) in [5.74, 6) is -1.15. The minimum atomic E-state index is -3.80. The molecule has 0 amide bonds. The average Bonchev–Trinajstić information content (AvgIpc) is 3.23. The fourth-order valence-electron chi connectivity index (χ4n) is 3.42. The van der Waals surface area contributed by atoms with Crippen LogP contribution in [-0.4, -0.2) is 68.2 Å². The summed E-state index contributed by atoms with van der Waals surface area (Å²) >= 11 is 10.7. The van der Waals surface area contributed by atoms with E-state index in [0.29, 0.717) is 9.94 Å². The van der Waals surface area contributed by atoms with E-state index in [1.165, 1.54) is 67.4 Å². The number of halogens is 9. The number of ketones is 1. The third kappa shape index (κ3) is 20.7. The van der Waals surface area contributed by atoms with Crippen LogP contribution in [0.1, 0.15) is 39.5 Å². The minimum absolute atomic E-state index is 0. The van der Waals surface area contributed by atoms with E-state index in [2.05, 4.69) is 67.9 Å². The van der Waals surface area contributed by atoms with E-state index in [4.69, 9.17) is 14.4 Å². The first-order valence-electron chi connectivity index (χ1n) is 14.0. The molecule has 10 nitrogen and oxygen atoms in total. The van der Waals surface area contributed by atoms with Gasteiger partial charge in [0.05, 0.1) is 29.8 Å². The summed E-state index contributed by atoms with van der Waals surface area (Å²) in [4.78, 5) is 22.0. The standard InChI is InChI=1S/C12H16BF2NO3.C8H5ClF2O.C6H4BrF2NO.C5H4BrNO.2K.H2O.H/c1-11(2)12(3,4)19-13(18-11)8-5-9(7-16-6-8)17-10(14)15;9-8(10,11)7(12)6-4-2-1-3-5-6;7-4-1-5(3-10-2-4)11-6(8)9;6-4-1-5(8)3-7-2-4;;;;/h5-7,10H,1-4H3;1-5H;1-3,6H;1-3,8H;;;1H2;/q;;;;2*+1;;-1/p-1. The second-order valence-corrected chi connectivity index (χ2v) is 13.0. The van der Waals surface area contributed by atoms with Crippen molar-refractivity contribution in [2.24, 2.45) is 0 Å². The number of aromatic hydroxyl groups is 1. The molecule has 0 atom stereocenters. The van der Waals surface area contributed by atoms with Crippen LogP contribution in [0.4, 0.5) is 26.3 Å². The van der Waals surface area contributed by atoms with Crippen molar-refractivity contribution in [3.8, 4) is 17.2 Å². The van der Waals surface area contributed by atoms with Crippen LogP contribution >= 0.6 is 43.5 Å². The number of hydrogen-bond acceptors (Lipinski definition) is 10. The number of benzene rings is 1. The van der Waals surface area contributed by atoms with Gasteiger partial charge >= 0.3 is 128 Å². The smallest absolute Gasteiger partial charge is 1.00 e. The topological polar surface area (TPSA) is 143 Å². The molecule has 2 N–H and O–H groups in total. The van der Waals surface area contributed by atoms with Gasteiger partial charge in [-0.05, 0) is 89.4 Å². The molecular formula is C31H31BBr2ClF6K2N3O7. The summed E-state index contributed by atoms with van der Waals surface area (Å²) in [5.41, 5.74) is -0.511. The third-order valence-corrected chi connectivity index (χ3v) is 7.41. The Morgan fingerprint density at radius 2 is 1.25 bits per heavy atom. The van der Waals surface area contributed by atoms with E-state index in [9.17, 15) is 31.1 Å². The summed E-state index contributed by atoms with van der Waals surface area (Å²) in [6.07, 6.45) is 8.43. The molecule has 3 aromatic heterocycles. The molecule has 0 spiro atoms. The zero-order valence-electron chi connectivity index (χ0n) is 30.0. The maximum atomic E-state index is 12.2. The number of alkyl halides is 7. The first-order chi connectivity index (χ1) is 23.2. The Hall–Kier alpha value is -0.212. The molecular weight excluding hydrogens is 925 g/mol. The molecule has 0 unspecified atom stereocenters. The fourth-order valence-corrected chi connectivity index (χ4v) is 4.23. The molecule has 1 aliphatic rings. The Bertz CT molecular complexity index is 1650. The largest absolute Gasteiger partial charge is 1.00 e. The summed E-state index contributed by atoms with van der Waals surface area (Å²) in [5, 5.41) is 4.92. The van der Waals surface area contributed by atoms with Gasteiger partial charge in [0.1, 0.15) is 17.2 Å². The van der Waals surface area contributed by atoms with E-state index in [1.807, 2.05) is 27.7 Å². The molecule has 1 saturated heterocycles. The molecule has 1 fully saturated rings. The summed E-state index contributed by atoms with van der Waals surface area (Å²) < 4.78 is 93.3. The number of nitrogens with zero attached hydrogens (tertiary/aromatic N) is 3. The summed E-state index contributed by atoms with van der Waals surface area (Å²) in [7, 11) is -0.640. The van der Waals surface area contributed by atoms with Gasteiger partial charge in [0.2, 0.25) is 5.78 Å². The normalized spacial score (nSPS) is 13.5. The van der Waals surface area contributed by atoms with Crippen molar-refractivity contribution < 1.29 is 165 Å². The molecule has 5 rings (SSSR count). The van der Waals surface area contributed by atoms with Crippen molar-refractivity contribution in [3.05, 3.63) is 100 Å². The van der Waals surface area contributed by atoms with Crippen LogP contribution in [0, 0.1) is 0 Å². The monoisotopic (exact) mass is 953 g/mol. The van der Waals surface area contributed by atoms with Crippen molar-refractivity contribution in [1.82, 2.24) is 15.0 Å².